The molecule has 232 valence electrons. The van der Waals surface area contributed by atoms with Crippen LogP contribution in [0, 0.1) is 0 Å². The van der Waals surface area contributed by atoms with E-state index in [1.807, 2.05) is 24.3 Å². The first-order valence-corrected chi connectivity index (χ1v) is 14.7. The fraction of sp³-hybridized carbons (Fsp3) is 0.235. The van der Waals surface area contributed by atoms with Crippen LogP contribution in [0.5, 0.6) is 0 Å². The molecular formula is C34H29N5O7. The van der Waals surface area contributed by atoms with Crippen LogP contribution in [-0.4, -0.2) is 57.9 Å². The van der Waals surface area contributed by atoms with E-state index < -0.39 is 24.1 Å². The van der Waals surface area contributed by atoms with Gasteiger partial charge < -0.3 is 29.4 Å². The van der Waals surface area contributed by atoms with Crippen LogP contribution in [0.15, 0.2) is 75.7 Å². The molecule has 3 aliphatic rings. The first-order chi connectivity index (χ1) is 22.2. The Labute approximate surface area is 262 Å². The Kier molecular flexibility index (Phi) is 7.01. The number of carbonyl (C=O) groups is 3. The van der Waals surface area contributed by atoms with E-state index in [2.05, 4.69) is 5.32 Å². The SMILES string of the molecule is COC(=O)C1=C(C)N(C)C(=O)NC1c1ccc(N=Cc2c3c(nc4ccccc24)-c2cc4c(c(=O)n2C3)COC(=O)C[C@H]4O)cc1. The number of methoxy groups -OCH3 is 1. The molecule has 1 unspecified atom stereocenters. The Balaban J connectivity index is 1.27. The van der Waals surface area contributed by atoms with Gasteiger partial charge in [0, 0.05) is 35.5 Å². The number of aliphatic hydroxyl groups is 1. The summed E-state index contributed by atoms with van der Waals surface area (Å²) < 4.78 is 11.8. The summed E-state index contributed by atoms with van der Waals surface area (Å²) in [6.07, 6.45) is 0.370. The molecule has 2 amide bonds. The van der Waals surface area contributed by atoms with Gasteiger partial charge in [0.25, 0.3) is 5.56 Å². The van der Waals surface area contributed by atoms with Gasteiger partial charge in [-0.05, 0) is 42.3 Å². The quantitative estimate of drug-likeness (QED) is 0.228. The van der Waals surface area contributed by atoms with Gasteiger partial charge in [0.05, 0.1) is 65.9 Å². The van der Waals surface area contributed by atoms with Gasteiger partial charge in [-0.25, -0.2) is 14.6 Å². The number of aliphatic imine (C=N–C) groups is 1. The number of carbonyl (C=O) groups excluding carboxylic acids is 3. The maximum atomic E-state index is 13.6. The Bertz CT molecular complexity index is 2100. The van der Waals surface area contributed by atoms with Crippen molar-refractivity contribution in [2.45, 2.75) is 38.6 Å². The smallest absolute Gasteiger partial charge is 0.337 e. The average molecular weight is 620 g/mol. The average Bonchev–Trinajstić information content (AvgIpc) is 3.35. The number of pyridine rings is 2. The van der Waals surface area contributed by atoms with Crippen LogP contribution in [-0.2, 0) is 32.2 Å². The van der Waals surface area contributed by atoms with Crippen LogP contribution >= 0.6 is 0 Å². The molecule has 2 N–H and O–H groups in total. The number of urea groups is 1. The zero-order valence-electron chi connectivity index (χ0n) is 25.2. The number of amides is 2. The lowest BCUT2D eigenvalue weighted by Crippen LogP contribution is -2.46. The summed E-state index contributed by atoms with van der Waals surface area (Å²) in [6, 6.07) is 15.5. The number of hydrogen-bond acceptors (Lipinski definition) is 9. The Morgan fingerprint density at radius 3 is 2.65 bits per heavy atom. The molecule has 12 nitrogen and oxygen atoms in total. The minimum absolute atomic E-state index is 0.196. The van der Waals surface area contributed by atoms with Crippen LogP contribution in [0.1, 0.15) is 53.3 Å². The minimum atomic E-state index is -1.15. The standard InChI is InChI=1S/C34H29N5O7/c1-17-29(33(43)45-3)30(37-34(44)38(17)2)18-8-10-19(11-9-18)35-14-22-20-6-4-5-7-25(20)36-31-23(22)15-39-26(31)12-21-24(32(39)42)16-46-28(41)13-27(21)40/h4-12,14,27,30,40H,13,15-16H2,1-3H3,(H,37,44)/t27-,30?/m1/s1. The molecule has 5 heterocycles. The molecule has 0 saturated heterocycles. The van der Waals surface area contributed by atoms with Crippen molar-refractivity contribution >= 4 is 40.8 Å². The molecule has 46 heavy (non-hydrogen) atoms. The van der Waals surface area contributed by atoms with Crippen molar-refractivity contribution in [2.75, 3.05) is 14.2 Å². The lowest BCUT2D eigenvalue weighted by atomic mass is 9.95. The number of ether oxygens (including phenoxy) is 2. The number of cyclic esters (lactones) is 1. The predicted molar refractivity (Wildman–Crippen MR) is 167 cm³/mol. The van der Waals surface area contributed by atoms with Crippen molar-refractivity contribution in [1.82, 2.24) is 19.8 Å². The summed E-state index contributed by atoms with van der Waals surface area (Å²) in [5, 5.41) is 14.4. The lowest BCUT2D eigenvalue weighted by molar-refractivity contribution is -0.146. The van der Waals surface area contributed by atoms with Crippen LogP contribution in [0.25, 0.3) is 22.3 Å². The normalized spacial score (nSPS) is 19.0. The number of nitrogens with zero attached hydrogens (tertiary/aromatic N) is 4. The zero-order chi connectivity index (χ0) is 32.3. The number of rotatable bonds is 4. The number of para-hydroxylation sites is 1. The van der Waals surface area contributed by atoms with E-state index in [4.69, 9.17) is 19.5 Å². The monoisotopic (exact) mass is 619 g/mol. The third-order valence-electron chi connectivity index (χ3n) is 8.86. The maximum Gasteiger partial charge on any atom is 0.337 e. The Morgan fingerprint density at radius 1 is 1.13 bits per heavy atom. The van der Waals surface area contributed by atoms with E-state index in [0.29, 0.717) is 45.0 Å². The van der Waals surface area contributed by atoms with Crippen molar-refractivity contribution in [2.24, 2.45) is 4.99 Å². The van der Waals surface area contributed by atoms with E-state index in [9.17, 15) is 24.3 Å². The third-order valence-corrected chi connectivity index (χ3v) is 8.86. The van der Waals surface area contributed by atoms with Gasteiger partial charge in [-0.3, -0.25) is 14.6 Å². The molecule has 2 aromatic heterocycles. The van der Waals surface area contributed by atoms with Gasteiger partial charge in [0.15, 0.2) is 0 Å². The third kappa shape index (κ3) is 4.65. The van der Waals surface area contributed by atoms with Gasteiger partial charge in [0.1, 0.15) is 6.61 Å². The van der Waals surface area contributed by atoms with Crippen LogP contribution in [0.3, 0.4) is 0 Å². The first-order valence-electron chi connectivity index (χ1n) is 14.7. The number of aromatic nitrogens is 2. The van der Waals surface area contributed by atoms with Crippen LogP contribution < -0.4 is 10.9 Å². The molecule has 2 aromatic carbocycles. The van der Waals surface area contributed by atoms with E-state index in [-0.39, 0.29) is 36.7 Å². The highest BCUT2D eigenvalue weighted by atomic mass is 16.5. The number of allylic oxidation sites excluding steroid dienone is 1. The van der Waals surface area contributed by atoms with Crippen molar-refractivity contribution in [1.29, 1.82) is 0 Å². The van der Waals surface area contributed by atoms with E-state index in [1.54, 1.807) is 55.1 Å². The summed E-state index contributed by atoms with van der Waals surface area (Å²) in [5.74, 6) is -1.09. The Hall–Kier alpha value is -5.62. The van der Waals surface area contributed by atoms with E-state index in [0.717, 1.165) is 16.5 Å². The molecule has 3 aliphatic heterocycles. The molecule has 0 bridgehead atoms. The first kappa shape index (κ1) is 29.1. The molecule has 2 atom stereocenters. The summed E-state index contributed by atoms with van der Waals surface area (Å²) in [5.41, 5.74) is 5.95. The molecule has 0 radical (unpaired) electrons. The van der Waals surface area contributed by atoms with Crippen molar-refractivity contribution in [3.05, 3.63) is 104 Å². The van der Waals surface area contributed by atoms with Gasteiger partial charge in [-0.15, -0.1) is 0 Å². The number of hydrogen-bond donors (Lipinski definition) is 2. The highest BCUT2D eigenvalue weighted by Crippen LogP contribution is 2.38. The zero-order valence-corrected chi connectivity index (χ0v) is 25.2. The summed E-state index contributed by atoms with van der Waals surface area (Å²) >= 11 is 0. The second kappa shape index (κ2) is 11.1. The topological polar surface area (TPSA) is 152 Å². The van der Waals surface area contributed by atoms with E-state index >= 15 is 0 Å². The number of aliphatic hydroxyl groups excluding tert-OH is 1. The number of esters is 2. The van der Waals surface area contributed by atoms with Crippen molar-refractivity contribution in [3.63, 3.8) is 0 Å². The predicted octanol–water partition coefficient (Wildman–Crippen LogP) is 3.80. The molecule has 12 heteroatoms. The van der Waals surface area contributed by atoms with Crippen LogP contribution in [0.4, 0.5) is 10.5 Å². The summed E-state index contributed by atoms with van der Waals surface area (Å²) in [6.45, 7) is 1.74. The number of nitrogens with one attached hydrogen (secondary N) is 1. The molecule has 0 aliphatic carbocycles. The highest BCUT2D eigenvalue weighted by Gasteiger charge is 2.35. The molecule has 7 rings (SSSR count). The highest BCUT2D eigenvalue weighted by molar-refractivity contribution is 6.03. The Morgan fingerprint density at radius 2 is 1.89 bits per heavy atom. The van der Waals surface area contributed by atoms with Crippen molar-refractivity contribution < 1.29 is 29.0 Å². The van der Waals surface area contributed by atoms with Gasteiger partial charge >= 0.3 is 18.0 Å². The largest absolute Gasteiger partial charge is 0.466 e. The molecule has 0 saturated carbocycles. The van der Waals surface area contributed by atoms with Gasteiger partial charge in [0.2, 0.25) is 0 Å². The number of fused-ring (bicyclic) bond motifs is 5. The molecule has 0 fully saturated rings. The fourth-order valence-corrected chi connectivity index (χ4v) is 6.29. The second-order valence-corrected chi connectivity index (χ2v) is 11.4. The minimum Gasteiger partial charge on any atom is -0.466 e. The second-order valence-electron chi connectivity index (χ2n) is 11.4. The van der Waals surface area contributed by atoms with Gasteiger partial charge in [-0.1, -0.05) is 30.3 Å². The molecule has 4 aromatic rings. The summed E-state index contributed by atoms with van der Waals surface area (Å²) in [7, 11) is 2.89. The van der Waals surface area contributed by atoms with E-state index in [1.165, 1.54) is 12.0 Å². The molecule has 0 spiro atoms. The van der Waals surface area contributed by atoms with Crippen molar-refractivity contribution in [3.8, 4) is 11.4 Å². The fourth-order valence-electron chi connectivity index (χ4n) is 6.29. The maximum absolute atomic E-state index is 13.6. The van der Waals surface area contributed by atoms with Crippen LogP contribution in [0.2, 0.25) is 0 Å². The summed E-state index contributed by atoms with van der Waals surface area (Å²) in [4.78, 5) is 61.7. The van der Waals surface area contributed by atoms with Gasteiger partial charge in [-0.2, -0.15) is 0 Å². The molecular weight excluding hydrogens is 590 g/mol. The lowest BCUT2D eigenvalue weighted by Gasteiger charge is -2.33. The number of benzene rings is 2.